The van der Waals surface area contributed by atoms with Crippen molar-refractivity contribution in [1.29, 1.82) is 0 Å². The molecule has 4 N–H and O–H groups in total. The molecule has 0 aromatic heterocycles. The van der Waals surface area contributed by atoms with E-state index in [2.05, 4.69) is 0 Å². The van der Waals surface area contributed by atoms with Gasteiger partial charge in [-0.15, -0.1) is 0 Å². The molecule has 3 rings (SSSR count). The van der Waals surface area contributed by atoms with E-state index in [0.29, 0.717) is 11.5 Å². The van der Waals surface area contributed by atoms with Crippen LogP contribution in [0.4, 0.5) is 0 Å². The second-order valence-corrected chi connectivity index (χ2v) is 4.16. The van der Waals surface area contributed by atoms with Gasteiger partial charge in [0, 0.05) is 0 Å². The molecule has 0 heterocycles. The van der Waals surface area contributed by atoms with Crippen LogP contribution in [0.25, 0.3) is 0 Å². The van der Waals surface area contributed by atoms with Gasteiger partial charge in [0.2, 0.25) is 0 Å². The Bertz CT molecular complexity index is 581. The molecule has 22 heavy (non-hydrogen) atoms. The lowest BCUT2D eigenvalue weighted by molar-refractivity contribution is 0.404. The molecule has 0 atom stereocenters. The molecule has 3 aromatic carbocycles. The van der Waals surface area contributed by atoms with Gasteiger partial charge in [0.15, 0.2) is 11.5 Å². The van der Waals surface area contributed by atoms with E-state index in [4.69, 9.17) is 20.4 Å². The lowest BCUT2D eigenvalue weighted by atomic mass is 10.3. The fourth-order valence-electron chi connectivity index (χ4n) is 1.32. The minimum atomic E-state index is -0.0764. The fourth-order valence-corrected chi connectivity index (χ4v) is 1.32. The minimum Gasteiger partial charge on any atom is -0.508 e. The van der Waals surface area contributed by atoms with Gasteiger partial charge in [-0.1, -0.05) is 48.5 Å². The number of phenolic OH excluding ortho intramolecular Hbond substituents is 4. The zero-order valence-electron chi connectivity index (χ0n) is 11.9. The third kappa shape index (κ3) is 7.45. The zero-order chi connectivity index (χ0) is 16.2. The summed E-state index contributed by atoms with van der Waals surface area (Å²) < 4.78 is 0. The van der Waals surface area contributed by atoms with Crippen LogP contribution in [0, 0.1) is 0 Å². The van der Waals surface area contributed by atoms with Crippen molar-refractivity contribution in [3.8, 4) is 23.0 Å². The summed E-state index contributed by atoms with van der Waals surface area (Å²) in [7, 11) is 0. The predicted molar refractivity (Wildman–Crippen MR) is 86.0 cm³/mol. The molecule has 0 unspecified atom stereocenters. The number of aromatic hydroxyl groups is 4. The molecule has 0 aliphatic rings. The van der Waals surface area contributed by atoms with E-state index in [1.54, 1.807) is 60.7 Å². The van der Waals surface area contributed by atoms with Gasteiger partial charge >= 0.3 is 0 Å². The first-order valence-electron chi connectivity index (χ1n) is 6.54. The summed E-state index contributed by atoms with van der Waals surface area (Å²) in [5.41, 5.74) is 0. The average molecular weight is 298 g/mol. The van der Waals surface area contributed by atoms with Gasteiger partial charge in [0.05, 0.1) is 0 Å². The van der Waals surface area contributed by atoms with Gasteiger partial charge in [-0.25, -0.2) is 0 Å². The van der Waals surface area contributed by atoms with E-state index in [-0.39, 0.29) is 11.5 Å². The SMILES string of the molecule is Oc1ccccc1.Oc1ccccc1.Oc1ccccc1O. The molecule has 0 fully saturated rings. The molecular weight excluding hydrogens is 280 g/mol. The first-order chi connectivity index (χ1) is 10.6. The van der Waals surface area contributed by atoms with E-state index >= 15 is 0 Å². The molecule has 0 saturated heterocycles. The molecular formula is C18H18O4. The van der Waals surface area contributed by atoms with E-state index in [0.717, 1.165) is 0 Å². The Morgan fingerprint density at radius 1 is 0.364 bits per heavy atom. The van der Waals surface area contributed by atoms with Crippen molar-refractivity contribution in [2.75, 3.05) is 0 Å². The summed E-state index contributed by atoms with van der Waals surface area (Å²) in [5.74, 6) is 0.491. The maximum atomic E-state index is 8.67. The van der Waals surface area contributed by atoms with Crippen LogP contribution >= 0.6 is 0 Å². The Kier molecular flexibility index (Phi) is 7.47. The van der Waals surface area contributed by atoms with Gasteiger partial charge < -0.3 is 20.4 Å². The van der Waals surface area contributed by atoms with E-state index in [9.17, 15) is 0 Å². The van der Waals surface area contributed by atoms with Crippen LogP contribution < -0.4 is 0 Å². The second-order valence-electron chi connectivity index (χ2n) is 4.16. The van der Waals surface area contributed by atoms with Crippen LogP contribution in [-0.2, 0) is 0 Å². The van der Waals surface area contributed by atoms with Crippen LogP contribution in [0.2, 0.25) is 0 Å². The first kappa shape index (κ1) is 16.9. The standard InChI is InChI=1S/C6H6O2.2C6H6O/c7-5-3-1-2-4-6(5)8;2*7-6-4-2-1-3-5-6/h1-4,7-8H;2*1-5,7H. The lowest BCUT2D eigenvalue weighted by Crippen LogP contribution is -1.63. The number of benzene rings is 3. The molecule has 0 saturated carbocycles. The van der Waals surface area contributed by atoms with Crippen LogP contribution in [0.1, 0.15) is 0 Å². The van der Waals surface area contributed by atoms with Crippen LogP contribution in [0.15, 0.2) is 84.9 Å². The molecule has 0 radical (unpaired) electrons. The third-order valence-corrected chi connectivity index (χ3v) is 2.39. The van der Waals surface area contributed by atoms with Crippen molar-refractivity contribution in [3.63, 3.8) is 0 Å². The van der Waals surface area contributed by atoms with Crippen molar-refractivity contribution in [3.05, 3.63) is 84.9 Å². The van der Waals surface area contributed by atoms with E-state index < -0.39 is 0 Å². The first-order valence-corrected chi connectivity index (χ1v) is 6.54. The molecule has 4 nitrogen and oxygen atoms in total. The number of phenols is 4. The van der Waals surface area contributed by atoms with Crippen molar-refractivity contribution < 1.29 is 20.4 Å². The Balaban J connectivity index is 0.000000166. The number of rotatable bonds is 0. The number of hydrogen-bond donors (Lipinski definition) is 4. The monoisotopic (exact) mass is 298 g/mol. The summed E-state index contributed by atoms with van der Waals surface area (Å²) in [6.45, 7) is 0. The highest BCUT2D eigenvalue weighted by Gasteiger charge is 1.90. The highest BCUT2D eigenvalue weighted by Crippen LogP contribution is 2.21. The maximum absolute atomic E-state index is 8.67. The lowest BCUT2D eigenvalue weighted by Gasteiger charge is -1.91. The summed E-state index contributed by atoms with van der Waals surface area (Å²) in [6.07, 6.45) is 0. The Labute approximate surface area is 129 Å². The summed E-state index contributed by atoms with van der Waals surface area (Å²) in [6, 6.07) is 23.6. The molecule has 0 aliphatic heterocycles. The Morgan fingerprint density at radius 3 is 0.818 bits per heavy atom. The van der Waals surface area contributed by atoms with E-state index in [1.165, 1.54) is 12.1 Å². The van der Waals surface area contributed by atoms with Gasteiger partial charge in [-0.3, -0.25) is 0 Å². The van der Waals surface area contributed by atoms with Crippen molar-refractivity contribution in [1.82, 2.24) is 0 Å². The van der Waals surface area contributed by atoms with Crippen LogP contribution in [0.5, 0.6) is 23.0 Å². The molecule has 0 aliphatic carbocycles. The average Bonchev–Trinajstić information content (AvgIpc) is 2.53. The summed E-state index contributed by atoms with van der Waals surface area (Å²) >= 11 is 0. The zero-order valence-corrected chi connectivity index (χ0v) is 11.9. The largest absolute Gasteiger partial charge is 0.508 e. The van der Waals surface area contributed by atoms with Crippen molar-refractivity contribution in [2.24, 2.45) is 0 Å². The molecule has 0 amide bonds. The predicted octanol–water partition coefficient (Wildman–Crippen LogP) is 3.88. The topological polar surface area (TPSA) is 80.9 Å². The highest BCUT2D eigenvalue weighted by atomic mass is 16.3. The van der Waals surface area contributed by atoms with Crippen LogP contribution in [0.3, 0.4) is 0 Å². The highest BCUT2D eigenvalue weighted by molar-refractivity contribution is 5.36. The molecule has 3 aromatic rings. The quantitative estimate of drug-likeness (QED) is 0.475. The maximum Gasteiger partial charge on any atom is 0.157 e. The smallest absolute Gasteiger partial charge is 0.157 e. The minimum absolute atomic E-state index is 0.0764. The second kappa shape index (κ2) is 9.72. The Morgan fingerprint density at radius 2 is 0.636 bits per heavy atom. The molecule has 4 heteroatoms. The van der Waals surface area contributed by atoms with Gasteiger partial charge in [0.1, 0.15) is 11.5 Å². The van der Waals surface area contributed by atoms with E-state index in [1.807, 2.05) is 12.1 Å². The molecule has 0 bridgehead atoms. The summed E-state index contributed by atoms with van der Waals surface area (Å²) in [4.78, 5) is 0. The van der Waals surface area contributed by atoms with Crippen molar-refractivity contribution in [2.45, 2.75) is 0 Å². The number of hydrogen-bond acceptors (Lipinski definition) is 4. The van der Waals surface area contributed by atoms with Crippen LogP contribution in [-0.4, -0.2) is 20.4 Å². The molecule has 0 spiro atoms. The Hall–Kier alpha value is -3.14. The van der Waals surface area contributed by atoms with Gasteiger partial charge in [-0.2, -0.15) is 0 Å². The summed E-state index contributed by atoms with van der Waals surface area (Å²) in [5, 5.41) is 34.6. The fraction of sp³-hybridized carbons (Fsp3) is 0. The number of para-hydroxylation sites is 4. The van der Waals surface area contributed by atoms with Gasteiger partial charge in [0.25, 0.3) is 0 Å². The van der Waals surface area contributed by atoms with Gasteiger partial charge in [-0.05, 0) is 36.4 Å². The van der Waals surface area contributed by atoms with Crippen molar-refractivity contribution >= 4 is 0 Å². The third-order valence-electron chi connectivity index (χ3n) is 2.39. The molecule has 114 valence electrons. The normalized spacial score (nSPS) is 8.73.